The maximum absolute atomic E-state index is 14.8. The smallest absolute Gasteiger partial charge is 0.315 e. The van der Waals surface area contributed by atoms with Gasteiger partial charge in [-0.25, -0.2) is 17.5 Å². The minimum Gasteiger partial charge on any atom is -0.346 e. The van der Waals surface area contributed by atoms with Gasteiger partial charge in [0.15, 0.2) is 0 Å². The number of hydrogen-bond acceptors (Lipinski definition) is 7. The molecule has 3 aliphatic rings. The van der Waals surface area contributed by atoms with E-state index in [-0.39, 0.29) is 55.0 Å². The number of fused-ring (bicyclic) bond motifs is 1. The van der Waals surface area contributed by atoms with Crippen molar-refractivity contribution in [1.82, 2.24) is 30.5 Å². The van der Waals surface area contributed by atoms with Crippen LogP contribution in [0.4, 0.5) is 4.79 Å². The van der Waals surface area contributed by atoms with Crippen molar-refractivity contribution in [2.45, 2.75) is 117 Å². The second kappa shape index (κ2) is 17.4. The number of sulfonamides is 1. The second-order valence-electron chi connectivity index (χ2n) is 16.4. The fourth-order valence-corrected chi connectivity index (χ4v) is 8.27. The molecule has 4 N–H and O–H groups in total. The van der Waals surface area contributed by atoms with E-state index < -0.39 is 63.2 Å². The van der Waals surface area contributed by atoms with Gasteiger partial charge in [-0.2, -0.15) is 0 Å². The summed E-state index contributed by atoms with van der Waals surface area (Å²) in [6.45, 7) is 13.9. The van der Waals surface area contributed by atoms with Crippen molar-refractivity contribution >= 4 is 39.6 Å². The molecule has 1 heterocycles. The number of likely N-dealkylation sites (tertiary alicyclic amines) is 1. The molecule has 0 radical (unpaired) electrons. The van der Waals surface area contributed by atoms with Gasteiger partial charge in [-0.1, -0.05) is 60.0 Å². The molecule has 3 rings (SSSR count). The highest BCUT2D eigenvalue weighted by Gasteiger charge is 2.57. The third-order valence-corrected chi connectivity index (χ3v) is 12.5. The monoisotopic (exact) mass is 732 g/mol. The molecular formula is C37H60N6O7S. The second-order valence-corrected chi connectivity index (χ2v) is 18.4. The summed E-state index contributed by atoms with van der Waals surface area (Å²) in [5, 5.41) is 11.2. The van der Waals surface area contributed by atoms with Gasteiger partial charge >= 0.3 is 6.03 Å². The van der Waals surface area contributed by atoms with Gasteiger partial charge in [-0.05, 0) is 60.7 Å². The SMILES string of the molecule is C#CCCC(NC(=O)[C@@H]1[C@H]2CCC(C)(C)[C@H]2CN1C(=O)[C@@H](NC(=O)N[C@H](CN(C)S(C)(=O)=O)C(C)(C)C)C1CCCCC1)C(=O)C(=O)NCC=C. The van der Waals surface area contributed by atoms with Crippen LogP contribution in [-0.2, 0) is 29.2 Å². The van der Waals surface area contributed by atoms with E-state index in [4.69, 9.17) is 6.42 Å². The number of Topliss-reactive ketones (excluding diaryl/α,β-unsaturated/α-hetero) is 1. The topological polar surface area (TPSA) is 174 Å². The Morgan fingerprint density at radius 1 is 1.06 bits per heavy atom. The highest BCUT2D eigenvalue weighted by molar-refractivity contribution is 7.88. The summed E-state index contributed by atoms with van der Waals surface area (Å²) in [7, 11) is -2.06. The first-order valence-corrected chi connectivity index (χ1v) is 20.0. The predicted molar refractivity (Wildman–Crippen MR) is 196 cm³/mol. The first-order chi connectivity index (χ1) is 23.7. The van der Waals surface area contributed by atoms with Gasteiger partial charge in [-0.3, -0.25) is 19.2 Å². The lowest BCUT2D eigenvalue weighted by Gasteiger charge is -2.37. The number of urea groups is 1. The number of terminal acetylenes is 1. The molecule has 1 unspecified atom stereocenters. The summed E-state index contributed by atoms with van der Waals surface area (Å²) < 4.78 is 25.6. The quantitative estimate of drug-likeness (QED) is 0.114. The third kappa shape index (κ3) is 10.8. The summed E-state index contributed by atoms with van der Waals surface area (Å²) >= 11 is 0. The molecule has 2 aliphatic carbocycles. The molecule has 1 aliphatic heterocycles. The van der Waals surface area contributed by atoms with Crippen molar-refractivity contribution in [2.75, 3.05) is 32.9 Å². The van der Waals surface area contributed by atoms with Gasteiger partial charge in [0.1, 0.15) is 12.1 Å². The van der Waals surface area contributed by atoms with Crippen LogP contribution in [0.1, 0.15) is 92.4 Å². The molecule has 0 spiro atoms. The molecule has 3 fully saturated rings. The molecule has 2 saturated carbocycles. The molecule has 6 atom stereocenters. The van der Waals surface area contributed by atoms with E-state index in [1.54, 1.807) is 4.90 Å². The summed E-state index contributed by atoms with van der Waals surface area (Å²) in [6, 6.07) is -4.19. The average Bonchev–Trinajstić information content (AvgIpc) is 3.59. The molecule has 0 aromatic carbocycles. The molecule has 5 amide bonds. The van der Waals surface area contributed by atoms with Crippen LogP contribution < -0.4 is 21.3 Å². The summed E-state index contributed by atoms with van der Waals surface area (Å²) in [4.78, 5) is 70.2. The lowest BCUT2D eigenvalue weighted by molar-refractivity contribution is -0.144. The van der Waals surface area contributed by atoms with Gasteiger partial charge in [0, 0.05) is 39.1 Å². The van der Waals surface area contributed by atoms with Crippen molar-refractivity contribution < 1.29 is 32.4 Å². The first kappa shape index (κ1) is 42.0. The lowest BCUT2D eigenvalue weighted by atomic mass is 9.79. The number of ketones is 1. The van der Waals surface area contributed by atoms with E-state index in [9.17, 15) is 32.4 Å². The van der Waals surface area contributed by atoms with E-state index in [2.05, 4.69) is 47.6 Å². The maximum atomic E-state index is 14.8. The largest absolute Gasteiger partial charge is 0.346 e. The number of amides is 5. The highest BCUT2D eigenvalue weighted by Crippen LogP contribution is 2.53. The van der Waals surface area contributed by atoms with Crippen LogP contribution in [0.25, 0.3) is 0 Å². The van der Waals surface area contributed by atoms with E-state index in [0.717, 1.165) is 44.8 Å². The van der Waals surface area contributed by atoms with Crippen LogP contribution in [0.5, 0.6) is 0 Å². The van der Waals surface area contributed by atoms with Gasteiger partial charge in [-0.15, -0.1) is 18.9 Å². The van der Waals surface area contributed by atoms with E-state index in [1.165, 1.54) is 17.4 Å². The van der Waals surface area contributed by atoms with Gasteiger partial charge < -0.3 is 26.2 Å². The normalized spacial score (nSPS) is 23.7. The van der Waals surface area contributed by atoms with Gasteiger partial charge in [0.05, 0.1) is 12.3 Å². The fourth-order valence-electron chi connectivity index (χ4n) is 7.85. The standard InChI is InChI=1S/C37H60N6O7S/c1-10-12-18-27(31(44)33(46)38-21-11-2)39-32(45)30-25-19-20-37(6,7)26(25)22-43(30)34(47)29(24-16-14-13-15-17-24)41-35(48)40-28(36(3,4)5)23-42(8)51(9,49)50/h1,11,24-30H,2,12-23H2,3-9H3,(H,38,46)(H,39,45)(H2,40,41,48)/t25-,26-,27?,28+,29-,30-/m0/s1. The van der Waals surface area contributed by atoms with Crippen molar-refractivity contribution in [2.24, 2.45) is 28.6 Å². The molecule has 0 aromatic rings. The molecule has 0 aromatic heterocycles. The molecule has 0 bridgehead atoms. The van der Waals surface area contributed by atoms with Gasteiger partial charge in [0.25, 0.3) is 5.91 Å². The Labute approximate surface area is 304 Å². The Balaban J connectivity index is 1.94. The summed E-state index contributed by atoms with van der Waals surface area (Å²) in [5.41, 5.74) is -0.671. The first-order valence-electron chi connectivity index (χ1n) is 18.2. The lowest BCUT2D eigenvalue weighted by Crippen LogP contribution is -2.61. The summed E-state index contributed by atoms with van der Waals surface area (Å²) in [6.07, 6.45) is 14.1. The van der Waals surface area contributed by atoms with Crippen LogP contribution >= 0.6 is 0 Å². The average molecular weight is 733 g/mol. The number of likely N-dealkylation sites (N-methyl/N-ethyl adjacent to an activating group) is 1. The maximum Gasteiger partial charge on any atom is 0.315 e. The van der Waals surface area contributed by atoms with Crippen molar-refractivity contribution in [3.05, 3.63) is 12.7 Å². The Bertz CT molecular complexity index is 1460. The van der Waals surface area contributed by atoms with Crippen LogP contribution in [0.15, 0.2) is 12.7 Å². The van der Waals surface area contributed by atoms with Crippen LogP contribution in [0.3, 0.4) is 0 Å². The zero-order valence-corrected chi connectivity index (χ0v) is 32.4. The van der Waals surface area contributed by atoms with E-state index in [0.29, 0.717) is 13.0 Å². The Hall–Kier alpha value is -3.44. The number of carbonyl (C=O) groups is 5. The number of nitrogens with zero attached hydrogens (tertiary/aromatic N) is 2. The van der Waals surface area contributed by atoms with Crippen molar-refractivity contribution in [1.29, 1.82) is 0 Å². The predicted octanol–water partition coefficient (Wildman–Crippen LogP) is 2.57. The van der Waals surface area contributed by atoms with Crippen LogP contribution in [-0.4, -0.2) is 104 Å². The molecule has 1 saturated heterocycles. The van der Waals surface area contributed by atoms with E-state index in [1.807, 2.05) is 20.8 Å². The van der Waals surface area contributed by atoms with Crippen LogP contribution in [0, 0.1) is 40.9 Å². The fraction of sp³-hybridized carbons (Fsp3) is 0.757. The molecular weight excluding hydrogens is 673 g/mol. The molecule has 14 heteroatoms. The highest BCUT2D eigenvalue weighted by atomic mass is 32.2. The Morgan fingerprint density at radius 2 is 1.71 bits per heavy atom. The number of hydrogen-bond donors (Lipinski definition) is 4. The summed E-state index contributed by atoms with van der Waals surface area (Å²) in [5.74, 6) is -0.449. The molecule has 13 nitrogen and oxygen atoms in total. The molecule has 51 heavy (non-hydrogen) atoms. The van der Waals surface area contributed by atoms with Gasteiger partial charge in [0.2, 0.25) is 27.6 Å². The van der Waals surface area contributed by atoms with Crippen LogP contribution in [0.2, 0.25) is 0 Å². The minimum atomic E-state index is -3.51. The number of rotatable bonds is 15. The zero-order chi connectivity index (χ0) is 38.3. The number of nitrogens with one attached hydrogen (secondary N) is 4. The third-order valence-electron chi connectivity index (χ3n) is 11.2. The Morgan fingerprint density at radius 3 is 2.27 bits per heavy atom. The minimum absolute atomic E-state index is 0.00517. The molecule has 286 valence electrons. The van der Waals surface area contributed by atoms with Crippen molar-refractivity contribution in [3.8, 4) is 12.3 Å². The Kier molecular flexibility index (Phi) is 14.3. The zero-order valence-electron chi connectivity index (χ0n) is 31.5. The van der Waals surface area contributed by atoms with Crippen molar-refractivity contribution in [3.63, 3.8) is 0 Å². The number of carbonyl (C=O) groups excluding carboxylic acids is 5. The van der Waals surface area contributed by atoms with E-state index >= 15 is 0 Å².